The van der Waals surface area contributed by atoms with E-state index in [1.807, 2.05) is 37.4 Å². The van der Waals surface area contributed by atoms with Gasteiger partial charge in [0.2, 0.25) is 0 Å². The first-order chi connectivity index (χ1) is 10.1. The molecule has 1 atom stereocenters. The van der Waals surface area contributed by atoms with Gasteiger partial charge in [-0.2, -0.15) is 0 Å². The average molecular weight is 320 g/mol. The van der Waals surface area contributed by atoms with E-state index in [2.05, 4.69) is 9.97 Å². The smallest absolute Gasteiger partial charge is 0.278 e. The molecule has 0 N–H and O–H groups in total. The Morgan fingerprint density at radius 1 is 1.43 bits per heavy atom. The SMILES string of the molecule is CSc1ncc(Cl)c(C(=O)N2c3ccccc3C[C@@H]2C)n1. The van der Waals surface area contributed by atoms with Gasteiger partial charge in [-0.15, -0.1) is 0 Å². The van der Waals surface area contributed by atoms with Crippen LogP contribution in [-0.4, -0.2) is 28.2 Å². The largest absolute Gasteiger partial charge is 0.304 e. The van der Waals surface area contributed by atoms with Gasteiger partial charge in [-0.25, -0.2) is 9.97 Å². The second-order valence-corrected chi connectivity index (χ2v) is 6.09. The van der Waals surface area contributed by atoms with Crippen LogP contribution in [0.15, 0.2) is 35.6 Å². The van der Waals surface area contributed by atoms with E-state index in [-0.39, 0.29) is 22.7 Å². The van der Waals surface area contributed by atoms with Crippen molar-refractivity contribution >= 4 is 35.0 Å². The van der Waals surface area contributed by atoms with Gasteiger partial charge < -0.3 is 4.90 Å². The van der Waals surface area contributed by atoms with Crippen LogP contribution in [-0.2, 0) is 6.42 Å². The molecule has 0 bridgehead atoms. The zero-order valence-corrected chi connectivity index (χ0v) is 13.3. The molecule has 1 aliphatic heterocycles. The number of hydrogen-bond donors (Lipinski definition) is 0. The second-order valence-electron chi connectivity index (χ2n) is 4.91. The van der Waals surface area contributed by atoms with E-state index in [1.165, 1.54) is 23.5 Å². The number of aromatic nitrogens is 2. The molecule has 1 aromatic heterocycles. The van der Waals surface area contributed by atoms with Crippen molar-refractivity contribution in [3.63, 3.8) is 0 Å². The van der Waals surface area contributed by atoms with Crippen molar-refractivity contribution in [3.8, 4) is 0 Å². The van der Waals surface area contributed by atoms with Crippen LogP contribution in [0.5, 0.6) is 0 Å². The van der Waals surface area contributed by atoms with Gasteiger partial charge >= 0.3 is 0 Å². The summed E-state index contributed by atoms with van der Waals surface area (Å²) < 4.78 is 0. The van der Waals surface area contributed by atoms with Crippen molar-refractivity contribution in [2.24, 2.45) is 0 Å². The van der Waals surface area contributed by atoms with Crippen LogP contribution >= 0.6 is 23.4 Å². The maximum absolute atomic E-state index is 12.9. The van der Waals surface area contributed by atoms with E-state index in [9.17, 15) is 4.79 Å². The third kappa shape index (κ3) is 2.51. The number of fused-ring (bicyclic) bond motifs is 1. The van der Waals surface area contributed by atoms with E-state index in [4.69, 9.17) is 11.6 Å². The Labute approximate surface area is 132 Å². The van der Waals surface area contributed by atoms with Crippen molar-refractivity contribution in [2.45, 2.75) is 24.5 Å². The molecule has 108 valence electrons. The number of amides is 1. The monoisotopic (exact) mass is 319 g/mol. The summed E-state index contributed by atoms with van der Waals surface area (Å²) in [5.41, 5.74) is 2.38. The number of nitrogens with zero attached hydrogens (tertiary/aromatic N) is 3. The van der Waals surface area contributed by atoms with Crippen LogP contribution in [0.25, 0.3) is 0 Å². The molecule has 0 saturated heterocycles. The number of carbonyl (C=O) groups is 1. The molecule has 3 rings (SSSR count). The van der Waals surface area contributed by atoms with Crippen LogP contribution < -0.4 is 4.90 Å². The van der Waals surface area contributed by atoms with E-state index >= 15 is 0 Å². The summed E-state index contributed by atoms with van der Waals surface area (Å²) in [7, 11) is 0. The quantitative estimate of drug-likeness (QED) is 0.628. The third-order valence-electron chi connectivity index (χ3n) is 3.53. The molecule has 6 heteroatoms. The van der Waals surface area contributed by atoms with Gasteiger partial charge in [0, 0.05) is 11.7 Å². The van der Waals surface area contributed by atoms with Gasteiger partial charge in [0.15, 0.2) is 10.9 Å². The Balaban J connectivity index is 2.03. The van der Waals surface area contributed by atoms with Crippen molar-refractivity contribution < 1.29 is 4.79 Å². The van der Waals surface area contributed by atoms with Gasteiger partial charge in [-0.1, -0.05) is 41.6 Å². The van der Waals surface area contributed by atoms with Crippen molar-refractivity contribution in [1.82, 2.24) is 9.97 Å². The zero-order chi connectivity index (χ0) is 15.0. The Hall–Kier alpha value is -1.59. The standard InChI is InChI=1S/C15H14ClN3OS/c1-9-7-10-5-3-4-6-12(10)19(9)14(20)13-11(16)8-17-15(18-13)21-2/h3-6,8-9H,7H2,1-2H3/t9-/m0/s1. The topological polar surface area (TPSA) is 46.1 Å². The Morgan fingerprint density at radius 3 is 2.95 bits per heavy atom. The predicted octanol–water partition coefficient (Wildman–Crippen LogP) is 3.44. The minimum Gasteiger partial charge on any atom is -0.304 e. The predicted molar refractivity (Wildman–Crippen MR) is 85.2 cm³/mol. The highest BCUT2D eigenvalue weighted by molar-refractivity contribution is 7.98. The van der Waals surface area contributed by atoms with E-state index in [0.717, 1.165) is 12.1 Å². The summed E-state index contributed by atoms with van der Waals surface area (Å²) in [5.74, 6) is -0.171. The Bertz CT molecular complexity index is 707. The van der Waals surface area contributed by atoms with E-state index in [1.54, 1.807) is 4.90 Å². The summed E-state index contributed by atoms with van der Waals surface area (Å²) in [4.78, 5) is 23.0. The number of thioether (sulfide) groups is 1. The molecule has 2 aromatic rings. The molecule has 1 aliphatic rings. The van der Waals surface area contributed by atoms with Crippen LogP contribution in [0.4, 0.5) is 5.69 Å². The average Bonchev–Trinajstić information content (AvgIpc) is 2.83. The summed E-state index contributed by atoms with van der Waals surface area (Å²) in [6.07, 6.45) is 4.20. The van der Waals surface area contributed by atoms with Gasteiger partial charge in [-0.3, -0.25) is 4.79 Å². The summed E-state index contributed by atoms with van der Waals surface area (Å²) >= 11 is 7.51. The van der Waals surface area contributed by atoms with Gasteiger partial charge in [0.05, 0.1) is 11.2 Å². The van der Waals surface area contributed by atoms with E-state index in [0.29, 0.717) is 5.16 Å². The molecular formula is C15H14ClN3OS. The van der Waals surface area contributed by atoms with Crippen LogP contribution in [0.2, 0.25) is 5.02 Å². The molecule has 0 spiro atoms. The number of para-hydroxylation sites is 1. The fourth-order valence-electron chi connectivity index (χ4n) is 2.59. The van der Waals surface area contributed by atoms with Crippen LogP contribution in [0, 0.1) is 0 Å². The molecular weight excluding hydrogens is 306 g/mol. The molecule has 0 unspecified atom stereocenters. The lowest BCUT2D eigenvalue weighted by Crippen LogP contribution is -2.36. The minimum atomic E-state index is -0.171. The number of benzene rings is 1. The normalized spacial score (nSPS) is 16.9. The van der Waals surface area contributed by atoms with Crippen LogP contribution in [0.3, 0.4) is 0 Å². The minimum absolute atomic E-state index is 0.0960. The first-order valence-electron chi connectivity index (χ1n) is 6.60. The molecule has 4 nitrogen and oxygen atoms in total. The Kier molecular flexibility index (Phi) is 3.87. The first-order valence-corrected chi connectivity index (χ1v) is 8.20. The highest BCUT2D eigenvalue weighted by Gasteiger charge is 2.33. The highest BCUT2D eigenvalue weighted by atomic mass is 35.5. The van der Waals surface area contributed by atoms with Gasteiger partial charge in [-0.05, 0) is 31.2 Å². The lowest BCUT2D eigenvalue weighted by Gasteiger charge is -2.22. The number of anilines is 1. The first kappa shape index (κ1) is 14.4. The molecule has 0 aliphatic carbocycles. The molecule has 2 heterocycles. The van der Waals surface area contributed by atoms with Gasteiger partial charge in [0.1, 0.15) is 0 Å². The number of rotatable bonds is 2. The summed E-state index contributed by atoms with van der Waals surface area (Å²) in [6.45, 7) is 2.03. The fraction of sp³-hybridized carbons (Fsp3) is 0.267. The molecule has 0 saturated carbocycles. The number of carbonyl (C=O) groups excluding carboxylic acids is 1. The maximum Gasteiger partial charge on any atom is 0.278 e. The van der Waals surface area contributed by atoms with Crippen molar-refractivity contribution in [3.05, 3.63) is 46.7 Å². The van der Waals surface area contributed by atoms with E-state index < -0.39 is 0 Å². The molecule has 0 radical (unpaired) electrons. The molecule has 1 aromatic carbocycles. The Morgan fingerprint density at radius 2 is 2.19 bits per heavy atom. The zero-order valence-electron chi connectivity index (χ0n) is 11.7. The lowest BCUT2D eigenvalue weighted by molar-refractivity contribution is 0.0976. The highest BCUT2D eigenvalue weighted by Crippen LogP contribution is 2.33. The number of halogens is 1. The molecule has 1 amide bonds. The second kappa shape index (κ2) is 5.66. The van der Waals surface area contributed by atoms with Crippen molar-refractivity contribution in [1.29, 1.82) is 0 Å². The molecule has 0 fully saturated rings. The summed E-state index contributed by atoms with van der Waals surface area (Å²) in [5, 5.41) is 0.831. The van der Waals surface area contributed by atoms with Crippen LogP contribution in [0.1, 0.15) is 23.0 Å². The van der Waals surface area contributed by atoms with Gasteiger partial charge in [0.25, 0.3) is 5.91 Å². The molecule has 21 heavy (non-hydrogen) atoms. The maximum atomic E-state index is 12.9. The fourth-order valence-corrected chi connectivity index (χ4v) is 3.10. The number of hydrogen-bond acceptors (Lipinski definition) is 4. The summed E-state index contributed by atoms with van der Waals surface area (Å²) in [6, 6.07) is 8.03. The van der Waals surface area contributed by atoms with Crippen molar-refractivity contribution in [2.75, 3.05) is 11.2 Å². The lowest BCUT2D eigenvalue weighted by atomic mass is 10.1. The third-order valence-corrected chi connectivity index (χ3v) is 4.37.